The van der Waals surface area contributed by atoms with E-state index in [2.05, 4.69) is 0 Å². The molecule has 0 radical (unpaired) electrons. The van der Waals surface area contributed by atoms with Gasteiger partial charge in [-0.05, 0) is 57.4 Å². The van der Waals surface area contributed by atoms with Crippen molar-refractivity contribution in [3.8, 4) is 11.5 Å². The van der Waals surface area contributed by atoms with Gasteiger partial charge in [0.2, 0.25) is 11.6 Å². The van der Waals surface area contributed by atoms with Crippen LogP contribution in [0.2, 0.25) is 0 Å². The maximum Gasteiger partial charge on any atom is 0.204 e. The molecule has 1 saturated carbocycles. The highest BCUT2D eigenvalue weighted by molar-refractivity contribution is 5.44. The number of hydrogen-bond donors (Lipinski definition) is 0. The van der Waals surface area contributed by atoms with Gasteiger partial charge in [-0.15, -0.1) is 0 Å². The molecule has 5 heteroatoms. The van der Waals surface area contributed by atoms with Crippen LogP contribution in [0, 0.1) is 17.6 Å². The second kappa shape index (κ2) is 7.04. The fourth-order valence-electron chi connectivity index (χ4n) is 3.41. The van der Waals surface area contributed by atoms with Crippen molar-refractivity contribution in [3.05, 3.63) is 23.3 Å². The molecule has 0 spiro atoms. The molecular weight excluding hydrogens is 302 g/mol. The Labute approximate surface area is 135 Å². The molecule has 0 aromatic heterocycles. The Balaban J connectivity index is 1.66. The molecule has 0 N–H and O–H groups in total. The van der Waals surface area contributed by atoms with E-state index in [9.17, 15) is 8.78 Å². The van der Waals surface area contributed by atoms with Gasteiger partial charge in [-0.3, -0.25) is 0 Å². The number of rotatable bonds is 4. The number of ether oxygens (including phenoxy) is 3. The van der Waals surface area contributed by atoms with Crippen LogP contribution < -0.4 is 9.47 Å². The molecular formula is C18H24F2O3. The van der Waals surface area contributed by atoms with Crippen LogP contribution in [0.4, 0.5) is 8.78 Å². The summed E-state index contributed by atoms with van der Waals surface area (Å²) in [6.45, 7) is 2.28. The molecule has 1 heterocycles. The van der Waals surface area contributed by atoms with Crippen molar-refractivity contribution in [1.82, 2.24) is 0 Å². The standard InChI is InChI=1S/C18H24F2O3/c1-11-3-6-13-9-15(16(19)17(20)18(13)23-11)22-10-12-4-7-14(21-2)8-5-12/h9,11-12,14H,3-8,10H2,1-2H3. The van der Waals surface area contributed by atoms with Crippen LogP contribution >= 0.6 is 0 Å². The topological polar surface area (TPSA) is 27.7 Å². The van der Waals surface area contributed by atoms with Gasteiger partial charge in [0.05, 0.1) is 18.8 Å². The van der Waals surface area contributed by atoms with E-state index in [0.717, 1.165) is 32.1 Å². The van der Waals surface area contributed by atoms with E-state index in [1.807, 2.05) is 6.92 Å². The summed E-state index contributed by atoms with van der Waals surface area (Å²) >= 11 is 0. The average molecular weight is 326 g/mol. The minimum Gasteiger partial charge on any atom is -0.490 e. The van der Waals surface area contributed by atoms with Crippen LogP contribution in [0.5, 0.6) is 11.5 Å². The molecule has 3 rings (SSSR count). The van der Waals surface area contributed by atoms with Gasteiger partial charge in [-0.25, -0.2) is 0 Å². The SMILES string of the molecule is COC1CCC(COc2cc3c(c(F)c2F)OC(C)CC3)CC1. The van der Waals surface area contributed by atoms with Crippen LogP contribution in [-0.4, -0.2) is 25.9 Å². The van der Waals surface area contributed by atoms with E-state index in [1.165, 1.54) is 0 Å². The Bertz CT molecular complexity index is 554. The van der Waals surface area contributed by atoms with E-state index >= 15 is 0 Å². The van der Waals surface area contributed by atoms with Crippen LogP contribution in [0.15, 0.2) is 6.07 Å². The van der Waals surface area contributed by atoms with Crippen molar-refractivity contribution in [1.29, 1.82) is 0 Å². The summed E-state index contributed by atoms with van der Waals surface area (Å²) in [7, 11) is 1.73. The van der Waals surface area contributed by atoms with Gasteiger partial charge in [0.1, 0.15) is 0 Å². The number of hydrogen-bond acceptors (Lipinski definition) is 3. The highest BCUT2D eigenvalue weighted by Gasteiger charge is 2.27. The zero-order valence-electron chi connectivity index (χ0n) is 13.7. The lowest BCUT2D eigenvalue weighted by Gasteiger charge is -2.28. The largest absolute Gasteiger partial charge is 0.490 e. The quantitative estimate of drug-likeness (QED) is 0.827. The van der Waals surface area contributed by atoms with E-state index in [4.69, 9.17) is 14.2 Å². The van der Waals surface area contributed by atoms with Crippen LogP contribution in [0.1, 0.15) is 44.6 Å². The fraction of sp³-hybridized carbons (Fsp3) is 0.667. The zero-order valence-corrected chi connectivity index (χ0v) is 13.7. The predicted molar refractivity (Wildman–Crippen MR) is 83.0 cm³/mol. The van der Waals surface area contributed by atoms with Crippen molar-refractivity contribution >= 4 is 0 Å². The lowest BCUT2D eigenvalue weighted by molar-refractivity contribution is 0.0477. The molecule has 128 valence electrons. The molecule has 0 bridgehead atoms. The summed E-state index contributed by atoms with van der Waals surface area (Å²) in [6, 6.07) is 1.60. The van der Waals surface area contributed by atoms with E-state index in [-0.39, 0.29) is 17.6 Å². The molecule has 1 fully saturated rings. The maximum atomic E-state index is 14.2. The lowest BCUT2D eigenvalue weighted by Crippen LogP contribution is -2.24. The molecule has 3 nitrogen and oxygen atoms in total. The molecule has 0 saturated heterocycles. The summed E-state index contributed by atoms with van der Waals surface area (Å²) in [5, 5.41) is 0. The third kappa shape index (κ3) is 3.60. The Hall–Kier alpha value is -1.36. The first-order valence-corrected chi connectivity index (χ1v) is 8.41. The first-order valence-electron chi connectivity index (χ1n) is 8.41. The molecule has 0 amide bonds. The van der Waals surface area contributed by atoms with Gasteiger partial charge in [-0.1, -0.05) is 0 Å². The van der Waals surface area contributed by atoms with Crippen molar-refractivity contribution in [2.75, 3.05) is 13.7 Å². The monoisotopic (exact) mass is 326 g/mol. The summed E-state index contributed by atoms with van der Waals surface area (Å²) < 4.78 is 44.8. The minimum absolute atomic E-state index is 0.00766. The maximum absolute atomic E-state index is 14.2. The first-order chi connectivity index (χ1) is 11.1. The van der Waals surface area contributed by atoms with Crippen LogP contribution in [0.3, 0.4) is 0 Å². The third-order valence-electron chi connectivity index (χ3n) is 4.95. The molecule has 1 aliphatic carbocycles. The van der Waals surface area contributed by atoms with Crippen molar-refractivity contribution in [2.24, 2.45) is 5.92 Å². The van der Waals surface area contributed by atoms with Gasteiger partial charge in [0, 0.05) is 12.7 Å². The number of methoxy groups -OCH3 is 1. The van der Waals surface area contributed by atoms with Crippen molar-refractivity contribution in [2.45, 2.75) is 57.7 Å². The van der Waals surface area contributed by atoms with Crippen molar-refractivity contribution < 1.29 is 23.0 Å². The normalized spacial score (nSPS) is 27.2. The van der Waals surface area contributed by atoms with Crippen LogP contribution in [-0.2, 0) is 11.2 Å². The van der Waals surface area contributed by atoms with Gasteiger partial charge in [0.25, 0.3) is 0 Å². The Kier molecular flexibility index (Phi) is 5.05. The summed E-state index contributed by atoms with van der Waals surface area (Å²) in [4.78, 5) is 0. The Morgan fingerprint density at radius 1 is 1.13 bits per heavy atom. The van der Waals surface area contributed by atoms with E-state index in [1.54, 1.807) is 13.2 Å². The molecule has 1 unspecified atom stereocenters. The molecule has 23 heavy (non-hydrogen) atoms. The molecule has 1 atom stereocenters. The summed E-state index contributed by atoms with van der Waals surface area (Å²) in [5.74, 6) is -1.44. The van der Waals surface area contributed by atoms with Crippen molar-refractivity contribution in [3.63, 3.8) is 0 Å². The molecule has 1 aromatic rings. The highest BCUT2D eigenvalue weighted by atomic mass is 19.2. The molecule has 2 aliphatic rings. The first kappa shape index (κ1) is 16.5. The number of fused-ring (bicyclic) bond motifs is 1. The van der Waals surface area contributed by atoms with Gasteiger partial charge in [-0.2, -0.15) is 8.78 Å². The van der Waals surface area contributed by atoms with Gasteiger partial charge >= 0.3 is 0 Å². The Morgan fingerprint density at radius 2 is 1.87 bits per heavy atom. The summed E-state index contributed by atoms with van der Waals surface area (Å²) in [6.07, 6.45) is 5.71. The second-order valence-electron chi connectivity index (χ2n) is 6.65. The van der Waals surface area contributed by atoms with E-state index < -0.39 is 11.6 Å². The number of aryl methyl sites for hydroxylation is 1. The molecule has 1 aromatic carbocycles. The Morgan fingerprint density at radius 3 is 2.57 bits per heavy atom. The fourth-order valence-corrected chi connectivity index (χ4v) is 3.41. The molecule has 1 aliphatic heterocycles. The van der Waals surface area contributed by atoms with Gasteiger partial charge in [0.15, 0.2) is 11.5 Å². The average Bonchev–Trinajstić information content (AvgIpc) is 2.58. The third-order valence-corrected chi connectivity index (χ3v) is 4.95. The van der Waals surface area contributed by atoms with Gasteiger partial charge < -0.3 is 14.2 Å². The number of halogens is 2. The number of benzene rings is 1. The predicted octanol–water partition coefficient (Wildman–Crippen LogP) is 4.26. The zero-order chi connectivity index (χ0) is 16.4. The minimum atomic E-state index is -0.941. The second-order valence-corrected chi connectivity index (χ2v) is 6.65. The summed E-state index contributed by atoms with van der Waals surface area (Å²) in [5.41, 5.74) is 0.695. The van der Waals surface area contributed by atoms with Crippen LogP contribution in [0.25, 0.3) is 0 Å². The lowest BCUT2D eigenvalue weighted by atomic mass is 9.88. The highest BCUT2D eigenvalue weighted by Crippen LogP contribution is 2.37. The van der Waals surface area contributed by atoms with E-state index in [0.29, 0.717) is 30.6 Å². The smallest absolute Gasteiger partial charge is 0.204 e.